The fraction of sp³-hybridized carbons (Fsp3) is 0.100. The second kappa shape index (κ2) is 6.77. The number of carbonyl (C=O) groups excluding carboxylic acids is 2. The lowest BCUT2D eigenvalue weighted by Crippen LogP contribution is -2.29. The van der Waals surface area contributed by atoms with E-state index in [0.29, 0.717) is 21.3 Å². The van der Waals surface area contributed by atoms with Gasteiger partial charge in [-0.2, -0.15) is 0 Å². The summed E-state index contributed by atoms with van der Waals surface area (Å²) in [6, 6.07) is 17.1. The maximum atomic E-state index is 12.8. The number of aliphatic hydroxyl groups excluding tert-OH is 1. The molecule has 0 spiro atoms. The first-order chi connectivity index (χ1) is 13.1. The lowest BCUT2D eigenvalue weighted by atomic mass is 9.95. The lowest BCUT2D eigenvalue weighted by Gasteiger charge is -2.22. The maximum Gasteiger partial charge on any atom is 0.301 e. The number of benzene rings is 2. The summed E-state index contributed by atoms with van der Waals surface area (Å²) >= 11 is 1.23. The number of carbonyl (C=O) groups is 2. The van der Waals surface area contributed by atoms with Crippen molar-refractivity contribution in [3.05, 3.63) is 82.4 Å². The number of hydrogen-bond donors (Lipinski definition) is 1. The zero-order chi connectivity index (χ0) is 19.0. The number of amides is 1. The Hall–Kier alpha value is -3.32. The van der Waals surface area contributed by atoms with Gasteiger partial charge in [0.05, 0.1) is 11.6 Å². The number of aliphatic hydroxyl groups is 1. The first kappa shape index (κ1) is 17.1. The Bertz CT molecular complexity index is 1040. The van der Waals surface area contributed by atoms with E-state index >= 15 is 0 Å². The van der Waals surface area contributed by atoms with Crippen LogP contribution in [0.5, 0.6) is 0 Å². The van der Waals surface area contributed by atoms with Crippen molar-refractivity contribution in [1.29, 1.82) is 0 Å². The van der Waals surface area contributed by atoms with Crippen molar-refractivity contribution in [2.75, 3.05) is 4.90 Å². The molecule has 1 saturated heterocycles. The van der Waals surface area contributed by atoms with E-state index < -0.39 is 17.7 Å². The van der Waals surface area contributed by atoms with Gasteiger partial charge in [0.2, 0.25) is 5.13 Å². The van der Waals surface area contributed by atoms with Crippen molar-refractivity contribution < 1.29 is 14.7 Å². The molecule has 1 aliphatic rings. The van der Waals surface area contributed by atoms with E-state index in [1.165, 1.54) is 16.2 Å². The van der Waals surface area contributed by atoms with Gasteiger partial charge in [0.25, 0.3) is 5.78 Å². The van der Waals surface area contributed by atoms with Crippen LogP contribution in [0.2, 0.25) is 0 Å². The average Bonchev–Trinajstić information content (AvgIpc) is 3.24. The van der Waals surface area contributed by atoms with E-state index in [9.17, 15) is 14.7 Å². The Balaban J connectivity index is 1.94. The number of aryl methyl sites for hydroxylation is 1. The third-order valence-corrected chi connectivity index (χ3v) is 5.17. The van der Waals surface area contributed by atoms with Crippen molar-refractivity contribution in [1.82, 2.24) is 10.2 Å². The monoisotopic (exact) mass is 377 g/mol. The zero-order valence-corrected chi connectivity index (χ0v) is 15.2. The van der Waals surface area contributed by atoms with Crippen LogP contribution in [0.3, 0.4) is 0 Å². The zero-order valence-electron chi connectivity index (χ0n) is 14.4. The van der Waals surface area contributed by atoms with Crippen LogP contribution in [-0.2, 0) is 9.59 Å². The number of aromatic nitrogens is 2. The first-order valence-corrected chi connectivity index (χ1v) is 9.11. The fourth-order valence-corrected chi connectivity index (χ4v) is 3.83. The second-order valence-electron chi connectivity index (χ2n) is 6.05. The molecule has 0 unspecified atom stereocenters. The molecule has 6 nitrogen and oxygen atoms in total. The van der Waals surface area contributed by atoms with E-state index in [1.807, 2.05) is 36.4 Å². The highest BCUT2D eigenvalue weighted by atomic mass is 32.1. The Morgan fingerprint density at radius 1 is 1.00 bits per heavy atom. The van der Waals surface area contributed by atoms with Crippen LogP contribution in [0.15, 0.2) is 66.2 Å². The van der Waals surface area contributed by atoms with Gasteiger partial charge in [-0.3, -0.25) is 14.5 Å². The molecule has 7 heteroatoms. The van der Waals surface area contributed by atoms with Gasteiger partial charge in [0.1, 0.15) is 10.8 Å². The van der Waals surface area contributed by atoms with Gasteiger partial charge in [-0.1, -0.05) is 72.0 Å². The van der Waals surface area contributed by atoms with E-state index in [0.717, 1.165) is 0 Å². The predicted octanol–water partition coefficient (Wildman–Crippen LogP) is 3.47. The van der Waals surface area contributed by atoms with Gasteiger partial charge in [0.15, 0.2) is 0 Å². The van der Waals surface area contributed by atoms with Crippen molar-refractivity contribution >= 4 is 33.9 Å². The van der Waals surface area contributed by atoms with Gasteiger partial charge in [-0.25, -0.2) is 0 Å². The molecule has 1 atom stereocenters. The molecule has 134 valence electrons. The Kier molecular flexibility index (Phi) is 4.29. The molecule has 1 N–H and O–H groups in total. The Morgan fingerprint density at radius 3 is 2.22 bits per heavy atom. The molecule has 0 aliphatic carbocycles. The highest BCUT2D eigenvalue weighted by Gasteiger charge is 2.48. The summed E-state index contributed by atoms with van der Waals surface area (Å²) in [5, 5.41) is 19.9. The third kappa shape index (κ3) is 2.92. The average molecular weight is 377 g/mol. The van der Waals surface area contributed by atoms with E-state index in [1.54, 1.807) is 31.2 Å². The molecule has 2 aromatic carbocycles. The minimum atomic E-state index is -0.765. The summed E-state index contributed by atoms with van der Waals surface area (Å²) in [7, 11) is 0. The number of rotatable bonds is 3. The summed E-state index contributed by atoms with van der Waals surface area (Å²) < 4.78 is 0. The van der Waals surface area contributed by atoms with E-state index in [4.69, 9.17) is 0 Å². The summed E-state index contributed by atoms with van der Waals surface area (Å²) in [6.07, 6.45) is 0. The Labute approximate surface area is 159 Å². The van der Waals surface area contributed by atoms with Crippen LogP contribution < -0.4 is 4.90 Å². The van der Waals surface area contributed by atoms with E-state index in [-0.39, 0.29) is 11.3 Å². The highest BCUT2D eigenvalue weighted by Crippen LogP contribution is 2.42. The van der Waals surface area contributed by atoms with Gasteiger partial charge >= 0.3 is 5.91 Å². The van der Waals surface area contributed by atoms with Crippen LogP contribution in [0.1, 0.15) is 22.2 Å². The molecular formula is C20H15N3O3S. The van der Waals surface area contributed by atoms with Gasteiger partial charge in [-0.15, -0.1) is 10.2 Å². The van der Waals surface area contributed by atoms with Crippen LogP contribution in [0.4, 0.5) is 5.13 Å². The number of ketones is 1. The summed E-state index contributed by atoms with van der Waals surface area (Å²) in [5.74, 6) is -1.66. The summed E-state index contributed by atoms with van der Waals surface area (Å²) in [6.45, 7) is 1.78. The molecular weight excluding hydrogens is 362 g/mol. The van der Waals surface area contributed by atoms with Crippen LogP contribution in [0, 0.1) is 6.92 Å². The molecule has 3 aromatic rings. The standard InChI is InChI=1S/C20H15N3O3S/c1-12-21-22-20(27-12)23-16(13-8-4-2-5-9-13)15(18(25)19(23)26)17(24)14-10-6-3-7-11-14/h2-11,16,24H,1H3/b17-15+/t16-/m0/s1. The van der Waals surface area contributed by atoms with Crippen molar-refractivity contribution in [2.45, 2.75) is 13.0 Å². The first-order valence-electron chi connectivity index (χ1n) is 8.29. The summed E-state index contributed by atoms with van der Waals surface area (Å²) in [4.78, 5) is 27.0. The molecule has 1 fully saturated rings. The minimum Gasteiger partial charge on any atom is -0.507 e. The molecule has 27 heavy (non-hydrogen) atoms. The lowest BCUT2D eigenvalue weighted by molar-refractivity contribution is -0.132. The van der Waals surface area contributed by atoms with E-state index in [2.05, 4.69) is 10.2 Å². The number of nitrogens with zero attached hydrogens (tertiary/aromatic N) is 3. The topological polar surface area (TPSA) is 83.4 Å². The van der Waals surface area contributed by atoms with Crippen molar-refractivity contribution in [3.8, 4) is 0 Å². The smallest absolute Gasteiger partial charge is 0.301 e. The summed E-state index contributed by atoms with van der Waals surface area (Å²) in [5.41, 5.74) is 1.23. The van der Waals surface area contributed by atoms with Crippen LogP contribution >= 0.6 is 11.3 Å². The SMILES string of the molecule is Cc1nnc(N2C(=O)C(=O)/C(=C(/O)c3ccccc3)[C@@H]2c2ccccc2)s1. The number of hydrogen-bond acceptors (Lipinski definition) is 6. The quantitative estimate of drug-likeness (QED) is 0.429. The highest BCUT2D eigenvalue weighted by molar-refractivity contribution is 7.15. The maximum absolute atomic E-state index is 12.8. The largest absolute Gasteiger partial charge is 0.507 e. The number of anilines is 1. The molecule has 1 aromatic heterocycles. The van der Waals surface area contributed by atoms with Gasteiger partial charge in [0, 0.05) is 5.56 Å². The van der Waals surface area contributed by atoms with Crippen molar-refractivity contribution in [3.63, 3.8) is 0 Å². The normalized spacial score (nSPS) is 18.9. The molecule has 1 amide bonds. The Morgan fingerprint density at radius 2 is 1.63 bits per heavy atom. The van der Waals surface area contributed by atoms with Crippen molar-refractivity contribution in [2.24, 2.45) is 0 Å². The predicted molar refractivity (Wildman–Crippen MR) is 102 cm³/mol. The molecule has 1 aliphatic heterocycles. The minimum absolute atomic E-state index is 0.0465. The molecule has 4 rings (SSSR count). The molecule has 0 saturated carbocycles. The molecule has 0 bridgehead atoms. The third-order valence-electron chi connectivity index (χ3n) is 4.33. The number of Topliss-reactive ketones (excluding diaryl/α,β-unsaturated/α-hetero) is 1. The van der Waals surface area contributed by atoms with Crippen LogP contribution in [-0.4, -0.2) is 27.0 Å². The van der Waals surface area contributed by atoms with Gasteiger partial charge < -0.3 is 5.11 Å². The molecule has 2 heterocycles. The van der Waals surface area contributed by atoms with Gasteiger partial charge in [-0.05, 0) is 12.5 Å². The van der Waals surface area contributed by atoms with Crippen LogP contribution in [0.25, 0.3) is 5.76 Å². The fourth-order valence-electron chi connectivity index (χ4n) is 3.12. The second-order valence-corrected chi connectivity index (χ2v) is 7.21. The molecule has 0 radical (unpaired) electrons.